The van der Waals surface area contributed by atoms with Crippen LogP contribution in [0.4, 0.5) is 10.5 Å². The first-order chi connectivity index (χ1) is 9.70. The van der Waals surface area contributed by atoms with Gasteiger partial charge in [0.1, 0.15) is 5.69 Å². The number of carbonyl (C=O) groups is 1. The first kappa shape index (κ1) is 13.8. The molecule has 0 spiro atoms. The van der Waals surface area contributed by atoms with Crippen molar-refractivity contribution in [3.63, 3.8) is 0 Å². The number of methoxy groups -OCH3 is 1. The minimum Gasteiger partial charge on any atom is -0.480 e. The second-order valence-corrected chi connectivity index (χ2v) is 4.13. The third-order valence-corrected chi connectivity index (χ3v) is 2.69. The third-order valence-electron chi connectivity index (χ3n) is 2.69. The van der Waals surface area contributed by atoms with E-state index >= 15 is 0 Å². The van der Waals surface area contributed by atoms with Gasteiger partial charge < -0.3 is 15.4 Å². The highest BCUT2D eigenvalue weighted by Gasteiger charge is 2.12. The highest BCUT2D eigenvalue weighted by atomic mass is 16.5. The second-order valence-electron chi connectivity index (χ2n) is 4.13. The number of urea groups is 1. The van der Waals surface area contributed by atoms with E-state index in [1.165, 1.54) is 7.11 Å². The molecule has 0 aliphatic heterocycles. The van der Waals surface area contributed by atoms with Crippen LogP contribution in [-0.4, -0.2) is 23.1 Å². The quantitative estimate of drug-likeness (QED) is 0.895. The first-order valence-corrected chi connectivity index (χ1v) is 6.18. The number of pyridine rings is 2. The summed E-state index contributed by atoms with van der Waals surface area (Å²) in [6.07, 6.45) is 3.29. The lowest BCUT2D eigenvalue weighted by Gasteiger charge is -2.14. The molecule has 2 heterocycles. The highest BCUT2D eigenvalue weighted by molar-refractivity contribution is 5.90. The van der Waals surface area contributed by atoms with Crippen LogP contribution in [-0.2, 0) is 0 Å². The molecule has 1 atom stereocenters. The van der Waals surface area contributed by atoms with E-state index < -0.39 is 0 Å². The smallest absolute Gasteiger partial charge is 0.319 e. The molecule has 20 heavy (non-hydrogen) atoms. The van der Waals surface area contributed by atoms with Crippen molar-refractivity contribution >= 4 is 11.7 Å². The molecular formula is C14H16N4O2. The fourth-order valence-electron chi connectivity index (χ4n) is 1.71. The summed E-state index contributed by atoms with van der Waals surface area (Å²) in [4.78, 5) is 20.1. The zero-order valence-electron chi connectivity index (χ0n) is 11.3. The number of nitrogens with one attached hydrogen (secondary N) is 2. The lowest BCUT2D eigenvalue weighted by Crippen LogP contribution is -2.31. The van der Waals surface area contributed by atoms with Crippen molar-refractivity contribution < 1.29 is 9.53 Å². The van der Waals surface area contributed by atoms with Crippen molar-refractivity contribution in [2.45, 2.75) is 13.0 Å². The molecule has 2 N–H and O–H groups in total. The van der Waals surface area contributed by atoms with Gasteiger partial charge in [-0.25, -0.2) is 9.78 Å². The standard InChI is InChI=1S/C14H16N4O2/c1-10(11-6-3-4-8-15-11)17-14(19)18-12-7-5-9-16-13(12)20-2/h3-10H,1-2H3,(H2,17,18,19)/t10-/m1/s1. The maximum Gasteiger partial charge on any atom is 0.319 e. The van der Waals surface area contributed by atoms with Crippen LogP contribution >= 0.6 is 0 Å². The zero-order valence-corrected chi connectivity index (χ0v) is 11.3. The van der Waals surface area contributed by atoms with Gasteiger partial charge in [-0.15, -0.1) is 0 Å². The molecule has 0 saturated carbocycles. The number of carbonyl (C=O) groups excluding carboxylic acids is 1. The van der Waals surface area contributed by atoms with Gasteiger partial charge >= 0.3 is 6.03 Å². The zero-order chi connectivity index (χ0) is 14.4. The van der Waals surface area contributed by atoms with Crippen LogP contribution in [0.2, 0.25) is 0 Å². The Kier molecular flexibility index (Phi) is 4.49. The number of rotatable bonds is 4. The van der Waals surface area contributed by atoms with Gasteiger partial charge in [0.2, 0.25) is 5.88 Å². The number of amides is 2. The summed E-state index contributed by atoms with van der Waals surface area (Å²) in [5.74, 6) is 0.369. The number of aromatic nitrogens is 2. The minimum absolute atomic E-state index is 0.195. The van der Waals surface area contributed by atoms with Crippen LogP contribution in [0.3, 0.4) is 0 Å². The Balaban J connectivity index is 1.99. The van der Waals surface area contributed by atoms with Gasteiger partial charge in [0.25, 0.3) is 0 Å². The van der Waals surface area contributed by atoms with Crippen LogP contribution in [0.25, 0.3) is 0 Å². The molecule has 2 amide bonds. The summed E-state index contributed by atoms with van der Waals surface area (Å²) in [5, 5.41) is 5.50. The van der Waals surface area contributed by atoms with Gasteiger partial charge in [0.05, 0.1) is 18.8 Å². The van der Waals surface area contributed by atoms with Crippen LogP contribution in [0.5, 0.6) is 5.88 Å². The monoisotopic (exact) mass is 272 g/mol. The fourth-order valence-corrected chi connectivity index (χ4v) is 1.71. The average Bonchev–Trinajstić information content (AvgIpc) is 2.48. The molecular weight excluding hydrogens is 256 g/mol. The van der Waals surface area contributed by atoms with E-state index in [4.69, 9.17) is 4.74 Å². The topological polar surface area (TPSA) is 76.1 Å². The first-order valence-electron chi connectivity index (χ1n) is 6.18. The Labute approximate surface area is 117 Å². The van der Waals surface area contributed by atoms with Crippen molar-refractivity contribution in [3.05, 3.63) is 48.4 Å². The van der Waals surface area contributed by atoms with Crippen molar-refractivity contribution in [1.29, 1.82) is 0 Å². The van der Waals surface area contributed by atoms with E-state index in [1.54, 1.807) is 24.5 Å². The van der Waals surface area contributed by atoms with Gasteiger partial charge in [-0.2, -0.15) is 0 Å². The molecule has 0 saturated heterocycles. The fraction of sp³-hybridized carbons (Fsp3) is 0.214. The van der Waals surface area contributed by atoms with Gasteiger partial charge in [0.15, 0.2) is 0 Å². The SMILES string of the molecule is COc1ncccc1NC(=O)N[C@H](C)c1ccccn1. The molecule has 0 aliphatic rings. The molecule has 6 nitrogen and oxygen atoms in total. The van der Waals surface area contributed by atoms with Crippen molar-refractivity contribution in [2.24, 2.45) is 0 Å². The number of nitrogens with zero attached hydrogens (tertiary/aromatic N) is 2. The Hall–Kier alpha value is -2.63. The predicted molar refractivity (Wildman–Crippen MR) is 75.6 cm³/mol. The van der Waals surface area contributed by atoms with E-state index in [1.807, 2.05) is 25.1 Å². The molecule has 0 aliphatic carbocycles. The molecule has 0 fully saturated rings. The predicted octanol–water partition coefficient (Wildman–Crippen LogP) is 2.37. The molecule has 0 bridgehead atoms. The highest BCUT2D eigenvalue weighted by Crippen LogP contribution is 2.19. The number of hydrogen-bond donors (Lipinski definition) is 2. The average molecular weight is 272 g/mol. The molecule has 6 heteroatoms. The molecule has 0 radical (unpaired) electrons. The van der Waals surface area contributed by atoms with Crippen molar-refractivity contribution in [3.8, 4) is 5.88 Å². The summed E-state index contributed by atoms with van der Waals surface area (Å²) in [5.41, 5.74) is 1.31. The number of ether oxygens (including phenoxy) is 1. The summed E-state index contributed by atoms with van der Waals surface area (Å²) in [6.45, 7) is 1.86. The van der Waals surface area contributed by atoms with Gasteiger partial charge in [-0.1, -0.05) is 6.07 Å². The van der Waals surface area contributed by atoms with Crippen molar-refractivity contribution in [2.75, 3.05) is 12.4 Å². The molecule has 0 unspecified atom stereocenters. The number of hydrogen-bond acceptors (Lipinski definition) is 4. The Bertz CT molecular complexity index is 574. The number of anilines is 1. The van der Waals surface area contributed by atoms with E-state index in [0.717, 1.165) is 5.69 Å². The molecule has 0 aromatic carbocycles. The lowest BCUT2D eigenvalue weighted by molar-refractivity contribution is 0.249. The van der Waals surface area contributed by atoms with E-state index in [-0.39, 0.29) is 12.1 Å². The Morgan fingerprint density at radius 2 is 2.00 bits per heavy atom. The van der Waals surface area contributed by atoms with Gasteiger partial charge in [-0.3, -0.25) is 4.98 Å². The summed E-state index contributed by atoms with van der Waals surface area (Å²) in [7, 11) is 1.50. The van der Waals surface area contributed by atoms with E-state index in [0.29, 0.717) is 11.6 Å². The maximum atomic E-state index is 11.9. The Morgan fingerprint density at radius 1 is 1.20 bits per heavy atom. The molecule has 2 aromatic heterocycles. The Morgan fingerprint density at radius 3 is 2.70 bits per heavy atom. The summed E-state index contributed by atoms with van der Waals surface area (Å²) >= 11 is 0. The third kappa shape index (κ3) is 3.44. The summed E-state index contributed by atoms with van der Waals surface area (Å²) in [6, 6.07) is 8.47. The lowest BCUT2D eigenvalue weighted by atomic mass is 10.2. The van der Waals surface area contributed by atoms with Crippen LogP contribution in [0.1, 0.15) is 18.7 Å². The molecule has 2 aromatic rings. The van der Waals surface area contributed by atoms with E-state index in [9.17, 15) is 4.79 Å². The summed E-state index contributed by atoms with van der Waals surface area (Å²) < 4.78 is 5.07. The van der Waals surface area contributed by atoms with E-state index in [2.05, 4.69) is 20.6 Å². The van der Waals surface area contributed by atoms with Crippen LogP contribution in [0.15, 0.2) is 42.7 Å². The molecule has 2 rings (SSSR count). The largest absolute Gasteiger partial charge is 0.480 e. The van der Waals surface area contributed by atoms with Crippen LogP contribution in [0, 0.1) is 0 Å². The van der Waals surface area contributed by atoms with Gasteiger partial charge in [0, 0.05) is 12.4 Å². The van der Waals surface area contributed by atoms with Crippen LogP contribution < -0.4 is 15.4 Å². The second kappa shape index (κ2) is 6.51. The van der Waals surface area contributed by atoms with Gasteiger partial charge in [-0.05, 0) is 31.2 Å². The molecule has 104 valence electrons. The normalized spacial score (nSPS) is 11.5. The minimum atomic E-state index is -0.338. The maximum absolute atomic E-state index is 11.9. The van der Waals surface area contributed by atoms with Crippen molar-refractivity contribution in [1.82, 2.24) is 15.3 Å².